The molecule has 0 aromatic rings. The molecule has 2 fully saturated rings. The summed E-state index contributed by atoms with van der Waals surface area (Å²) < 4.78 is 10.7. The van der Waals surface area contributed by atoms with Crippen molar-refractivity contribution in [3.8, 4) is 0 Å². The number of morpholine rings is 1. The van der Waals surface area contributed by atoms with Gasteiger partial charge in [-0.05, 0) is 31.6 Å². The third kappa shape index (κ3) is 3.19. The van der Waals surface area contributed by atoms with E-state index in [0.717, 1.165) is 25.3 Å². The second-order valence-corrected chi connectivity index (χ2v) is 4.90. The minimum Gasteiger partial charge on any atom is -0.461 e. The minimum absolute atomic E-state index is 0.132. The summed E-state index contributed by atoms with van der Waals surface area (Å²) in [4.78, 5) is 11.8. The molecule has 1 aliphatic heterocycles. The van der Waals surface area contributed by atoms with Gasteiger partial charge in [-0.25, -0.2) is 0 Å². The van der Waals surface area contributed by atoms with E-state index in [1.54, 1.807) is 0 Å². The molecule has 1 atom stereocenters. The highest BCUT2D eigenvalue weighted by atomic mass is 16.5. The quantitative estimate of drug-likeness (QED) is 0.718. The largest absolute Gasteiger partial charge is 0.461 e. The third-order valence-corrected chi connectivity index (χ3v) is 3.45. The molecule has 0 bridgehead atoms. The zero-order chi connectivity index (χ0) is 11.4. The normalized spacial score (nSPS) is 35.7. The Bertz CT molecular complexity index is 230. The van der Waals surface area contributed by atoms with Gasteiger partial charge in [0.25, 0.3) is 0 Å². The van der Waals surface area contributed by atoms with Gasteiger partial charge >= 0.3 is 5.97 Å². The van der Waals surface area contributed by atoms with Crippen molar-refractivity contribution < 1.29 is 14.3 Å². The summed E-state index contributed by atoms with van der Waals surface area (Å²) in [5.41, 5.74) is 0. The Labute approximate surface area is 96.7 Å². The monoisotopic (exact) mass is 227 g/mol. The average molecular weight is 227 g/mol. The van der Waals surface area contributed by atoms with Crippen LogP contribution in [0, 0.1) is 5.92 Å². The van der Waals surface area contributed by atoms with Crippen LogP contribution in [0.15, 0.2) is 0 Å². The summed E-state index contributed by atoms with van der Waals surface area (Å²) >= 11 is 0. The standard InChI is InChI=1S/C12H21NO3/c1-9-2-4-10(5-3-9)16-12(14)11-8-15-7-6-13-11/h9-11,13H,2-8H2,1H3. The summed E-state index contributed by atoms with van der Waals surface area (Å²) in [5, 5.41) is 3.12. The van der Waals surface area contributed by atoms with Crippen molar-refractivity contribution in [1.29, 1.82) is 0 Å². The van der Waals surface area contributed by atoms with Gasteiger partial charge in [0.15, 0.2) is 0 Å². The molecule has 4 nitrogen and oxygen atoms in total. The van der Waals surface area contributed by atoms with Crippen molar-refractivity contribution in [1.82, 2.24) is 5.32 Å². The lowest BCUT2D eigenvalue weighted by Gasteiger charge is -2.29. The molecule has 1 aliphatic carbocycles. The Kier molecular flexibility index (Phi) is 4.18. The van der Waals surface area contributed by atoms with Crippen molar-refractivity contribution in [3.05, 3.63) is 0 Å². The molecular formula is C12H21NO3. The second kappa shape index (κ2) is 5.64. The van der Waals surface area contributed by atoms with Crippen LogP contribution < -0.4 is 5.32 Å². The maximum absolute atomic E-state index is 11.8. The molecule has 2 aliphatic rings. The SMILES string of the molecule is CC1CCC(OC(=O)C2COCCN2)CC1. The van der Waals surface area contributed by atoms with Crippen molar-refractivity contribution in [2.45, 2.75) is 44.8 Å². The summed E-state index contributed by atoms with van der Waals surface area (Å²) in [6, 6.07) is -0.256. The van der Waals surface area contributed by atoms with Crippen LogP contribution in [0.5, 0.6) is 0 Å². The van der Waals surface area contributed by atoms with Gasteiger partial charge in [0, 0.05) is 6.54 Å². The van der Waals surface area contributed by atoms with E-state index >= 15 is 0 Å². The minimum atomic E-state index is -0.256. The predicted octanol–water partition coefficient (Wildman–Crippen LogP) is 1.10. The Morgan fingerprint density at radius 3 is 2.69 bits per heavy atom. The van der Waals surface area contributed by atoms with Gasteiger partial charge in [-0.1, -0.05) is 6.92 Å². The Morgan fingerprint density at radius 1 is 1.31 bits per heavy atom. The van der Waals surface area contributed by atoms with Crippen LogP contribution in [0.4, 0.5) is 0 Å². The van der Waals surface area contributed by atoms with Crippen LogP contribution in [0.2, 0.25) is 0 Å². The maximum atomic E-state index is 11.8. The molecule has 0 radical (unpaired) electrons. The number of hydrogen-bond acceptors (Lipinski definition) is 4. The molecule has 1 unspecified atom stereocenters. The lowest BCUT2D eigenvalue weighted by molar-refractivity contribution is -0.156. The summed E-state index contributed by atoms with van der Waals surface area (Å²) in [6.45, 7) is 4.13. The van der Waals surface area contributed by atoms with Crippen LogP contribution in [-0.2, 0) is 14.3 Å². The lowest BCUT2D eigenvalue weighted by atomic mass is 9.89. The zero-order valence-corrected chi connectivity index (χ0v) is 9.91. The van der Waals surface area contributed by atoms with E-state index < -0.39 is 0 Å². The molecule has 1 saturated carbocycles. The van der Waals surface area contributed by atoms with Gasteiger partial charge in [-0.15, -0.1) is 0 Å². The van der Waals surface area contributed by atoms with Crippen molar-refractivity contribution in [2.75, 3.05) is 19.8 Å². The summed E-state index contributed by atoms with van der Waals surface area (Å²) in [7, 11) is 0. The number of ether oxygens (including phenoxy) is 2. The topological polar surface area (TPSA) is 47.6 Å². The van der Waals surface area contributed by atoms with Crippen molar-refractivity contribution >= 4 is 5.97 Å². The Morgan fingerprint density at radius 2 is 2.06 bits per heavy atom. The van der Waals surface area contributed by atoms with E-state index in [4.69, 9.17) is 9.47 Å². The van der Waals surface area contributed by atoms with Crippen LogP contribution >= 0.6 is 0 Å². The van der Waals surface area contributed by atoms with Crippen molar-refractivity contribution in [2.24, 2.45) is 5.92 Å². The molecule has 1 heterocycles. The van der Waals surface area contributed by atoms with E-state index in [9.17, 15) is 4.79 Å². The number of hydrogen-bond donors (Lipinski definition) is 1. The fraction of sp³-hybridized carbons (Fsp3) is 0.917. The van der Waals surface area contributed by atoms with Crippen LogP contribution in [0.25, 0.3) is 0 Å². The molecule has 0 aromatic carbocycles. The zero-order valence-electron chi connectivity index (χ0n) is 9.91. The number of rotatable bonds is 2. The third-order valence-electron chi connectivity index (χ3n) is 3.45. The second-order valence-electron chi connectivity index (χ2n) is 4.90. The first-order valence-electron chi connectivity index (χ1n) is 6.27. The molecule has 0 spiro atoms. The highest BCUT2D eigenvalue weighted by molar-refractivity contribution is 5.76. The van der Waals surface area contributed by atoms with Gasteiger partial charge in [0.1, 0.15) is 12.1 Å². The molecule has 0 amide bonds. The van der Waals surface area contributed by atoms with Gasteiger partial charge in [-0.3, -0.25) is 4.79 Å². The smallest absolute Gasteiger partial charge is 0.325 e. The van der Waals surface area contributed by atoms with E-state index in [1.807, 2.05) is 0 Å². The average Bonchev–Trinajstić information content (AvgIpc) is 2.33. The fourth-order valence-corrected chi connectivity index (χ4v) is 2.31. The maximum Gasteiger partial charge on any atom is 0.325 e. The van der Waals surface area contributed by atoms with Gasteiger partial charge < -0.3 is 14.8 Å². The molecular weight excluding hydrogens is 206 g/mol. The summed E-state index contributed by atoms with van der Waals surface area (Å²) in [5.74, 6) is 0.644. The van der Waals surface area contributed by atoms with Crippen LogP contribution in [-0.4, -0.2) is 37.9 Å². The van der Waals surface area contributed by atoms with Crippen LogP contribution in [0.3, 0.4) is 0 Å². The molecule has 1 saturated heterocycles. The number of carbonyl (C=O) groups excluding carboxylic acids is 1. The Balaban J connectivity index is 1.73. The molecule has 2 rings (SSSR count). The van der Waals surface area contributed by atoms with Gasteiger partial charge in [-0.2, -0.15) is 0 Å². The number of esters is 1. The number of carbonyl (C=O) groups is 1. The molecule has 16 heavy (non-hydrogen) atoms. The molecule has 4 heteroatoms. The first-order valence-corrected chi connectivity index (χ1v) is 6.27. The number of nitrogens with one attached hydrogen (secondary N) is 1. The van der Waals surface area contributed by atoms with Gasteiger partial charge in [0.05, 0.1) is 13.2 Å². The molecule has 1 N–H and O–H groups in total. The van der Waals surface area contributed by atoms with E-state index in [-0.39, 0.29) is 18.1 Å². The van der Waals surface area contributed by atoms with Crippen molar-refractivity contribution in [3.63, 3.8) is 0 Å². The highest BCUT2D eigenvalue weighted by Crippen LogP contribution is 2.25. The van der Waals surface area contributed by atoms with E-state index in [1.165, 1.54) is 12.8 Å². The predicted molar refractivity (Wildman–Crippen MR) is 60.1 cm³/mol. The highest BCUT2D eigenvalue weighted by Gasteiger charge is 2.27. The fourth-order valence-electron chi connectivity index (χ4n) is 2.31. The lowest BCUT2D eigenvalue weighted by Crippen LogP contribution is -2.48. The first-order chi connectivity index (χ1) is 7.75. The van der Waals surface area contributed by atoms with Crippen LogP contribution in [0.1, 0.15) is 32.6 Å². The first kappa shape index (κ1) is 11.9. The molecule has 0 aromatic heterocycles. The van der Waals surface area contributed by atoms with E-state index in [0.29, 0.717) is 13.2 Å². The molecule has 92 valence electrons. The Hall–Kier alpha value is -0.610. The van der Waals surface area contributed by atoms with Gasteiger partial charge in [0.2, 0.25) is 0 Å². The summed E-state index contributed by atoms with van der Waals surface area (Å²) in [6.07, 6.45) is 4.51. The van der Waals surface area contributed by atoms with E-state index in [2.05, 4.69) is 12.2 Å².